The summed E-state index contributed by atoms with van der Waals surface area (Å²) in [7, 11) is 3.27. The van der Waals surface area contributed by atoms with Gasteiger partial charge in [-0.1, -0.05) is 38.1 Å². The third kappa shape index (κ3) is 6.45. The zero-order chi connectivity index (χ0) is 25.5. The molecule has 0 radical (unpaired) electrons. The topological polar surface area (TPSA) is 112 Å². The maximum absolute atomic E-state index is 14.1. The van der Waals surface area contributed by atoms with Crippen molar-refractivity contribution in [3.8, 4) is 11.3 Å². The number of carbonyl (C=O) groups excluding carboxylic acids is 2. The van der Waals surface area contributed by atoms with Gasteiger partial charge in [-0.2, -0.15) is 5.10 Å². The molecule has 3 unspecified atom stereocenters. The van der Waals surface area contributed by atoms with E-state index in [1.807, 2.05) is 26.0 Å². The molecule has 2 aromatic rings. The molecule has 0 aliphatic carbocycles. The molecule has 1 aliphatic heterocycles. The second-order valence-electron chi connectivity index (χ2n) is 9.18. The van der Waals surface area contributed by atoms with E-state index in [1.165, 1.54) is 10.9 Å². The third-order valence-electron chi connectivity index (χ3n) is 6.36. The van der Waals surface area contributed by atoms with E-state index in [1.54, 1.807) is 31.2 Å². The lowest BCUT2D eigenvalue weighted by molar-refractivity contribution is -0.140. The fourth-order valence-corrected chi connectivity index (χ4v) is 4.22. The van der Waals surface area contributed by atoms with Gasteiger partial charge in [-0.05, 0) is 24.3 Å². The van der Waals surface area contributed by atoms with Crippen molar-refractivity contribution in [3.63, 3.8) is 0 Å². The fourth-order valence-electron chi connectivity index (χ4n) is 4.22. The van der Waals surface area contributed by atoms with Crippen molar-refractivity contribution < 1.29 is 23.5 Å². The predicted molar refractivity (Wildman–Crippen MR) is 130 cm³/mol. The van der Waals surface area contributed by atoms with Crippen LogP contribution in [0.1, 0.15) is 38.3 Å². The Morgan fingerprint density at radius 2 is 1.97 bits per heavy atom. The summed E-state index contributed by atoms with van der Waals surface area (Å²) in [4.78, 5) is 27.7. The van der Waals surface area contributed by atoms with Crippen LogP contribution in [0.3, 0.4) is 0 Å². The highest BCUT2D eigenvalue weighted by molar-refractivity contribution is 5.90. The van der Waals surface area contributed by atoms with Crippen LogP contribution < -0.4 is 11.1 Å². The average molecular weight is 490 g/mol. The van der Waals surface area contributed by atoms with Crippen LogP contribution in [0.25, 0.3) is 11.3 Å². The van der Waals surface area contributed by atoms with Crippen molar-refractivity contribution in [2.75, 3.05) is 33.5 Å². The number of halogens is 1. The minimum absolute atomic E-state index is 0.0171. The molecule has 9 nitrogen and oxygen atoms in total. The summed E-state index contributed by atoms with van der Waals surface area (Å²) in [5.74, 6) is -0.864. The Balaban J connectivity index is 1.76. The van der Waals surface area contributed by atoms with Gasteiger partial charge in [-0.3, -0.25) is 14.3 Å². The van der Waals surface area contributed by atoms with Gasteiger partial charge in [-0.25, -0.2) is 4.39 Å². The highest BCUT2D eigenvalue weighted by Gasteiger charge is 2.37. The quantitative estimate of drug-likeness (QED) is 0.467. The molecule has 3 atom stereocenters. The fraction of sp³-hybridized carbons (Fsp3) is 0.560. The number of benzene rings is 1. The number of hydrogen-bond donors (Lipinski definition) is 2. The number of aromatic nitrogens is 2. The smallest absolute Gasteiger partial charge is 0.243 e. The molecule has 1 aliphatic rings. The molecule has 3 rings (SSSR count). The number of ether oxygens (including phenoxy) is 2. The molecule has 0 bridgehead atoms. The van der Waals surface area contributed by atoms with Gasteiger partial charge in [0.05, 0.1) is 38.1 Å². The van der Waals surface area contributed by atoms with E-state index in [9.17, 15) is 14.0 Å². The first kappa shape index (κ1) is 26.8. The van der Waals surface area contributed by atoms with Gasteiger partial charge in [0, 0.05) is 26.3 Å². The Labute approximate surface area is 205 Å². The van der Waals surface area contributed by atoms with Gasteiger partial charge < -0.3 is 25.4 Å². The predicted octanol–water partition coefficient (Wildman–Crippen LogP) is 2.02. The van der Waals surface area contributed by atoms with Crippen LogP contribution in [0.2, 0.25) is 0 Å². The molecule has 0 spiro atoms. The average Bonchev–Trinajstić information content (AvgIpc) is 3.46. The zero-order valence-corrected chi connectivity index (χ0v) is 20.9. The molecule has 10 heteroatoms. The van der Waals surface area contributed by atoms with Crippen molar-refractivity contribution in [1.82, 2.24) is 20.0 Å². The van der Waals surface area contributed by atoms with Crippen LogP contribution >= 0.6 is 0 Å². The molecule has 1 aromatic carbocycles. The summed E-state index contributed by atoms with van der Waals surface area (Å²) < 4.78 is 26.4. The minimum atomic E-state index is -0.642. The van der Waals surface area contributed by atoms with E-state index >= 15 is 0 Å². The van der Waals surface area contributed by atoms with Crippen LogP contribution in [0.5, 0.6) is 0 Å². The van der Waals surface area contributed by atoms with Crippen LogP contribution in [0, 0.1) is 11.7 Å². The summed E-state index contributed by atoms with van der Waals surface area (Å²) in [6.07, 6.45) is 2.50. The lowest BCUT2D eigenvalue weighted by Gasteiger charge is -2.29. The lowest BCUT2D eigenvalue weighted by Crippen LogP contribution is -2.53. The Bertz CT molecular complexity index is 975. The molecular formula is C25H36FN5O4. The largest absolute Gasteiger partial charge is 0.382 e. The van der Waals surface area contributed by atoms with Crippen molar-refractivity contribution in [2.45, 2.75) is 44.8 Å². The van der Waals surface area contributed by atoms with E-state index in [4.69, 9.17) is 15.2 Å². The number of nitrogens with two attached hydrogens (primary N) is 1. The van der Waals surface area contributed by atoms with Gasteiger partial charge >= 0.3 is 0 Å². The highest BCUT2D eigenvalue weighted by Crippen LogP contribution is 2.25. The molecular weight excluding hydrogens is 453 g/mol. The molecule has 35 heavy (non-hydrogen) atoms. The maximum atomic E-state index is 14.1. The van der Waals surface area contributed by atoms with Crippen molar-refractivity contribution in [2.24, 2.45) is 18.7 Å². The summed E-state index contributed by atoms with van der Waals surface area (Å²) in [6, 6.07) is 5.57. The Morgan fingerprint density at radius 1 is 1.26 bits per heavy atom. The molecule has 1 saturated heterocycles. The summed E-state index contributed by atoms with van der Waals surface area (Å²) in [5, 5.41) is 7.00. The number of nitrogens with zero attached hydrogens (tertiary/aromatic N) is 3. The van der Waals surface area contributed by atoms with Gasteiger partial charge in [0.25, 0.3) is 0 Å². The second-order valence-corrected chi connectivity index (χ2v) is 9.18. The molecule has 2 amide bonds. The van der Waals surface area contributed by atoms with Crippen LogP contribution in [0.15, 0.2) is 30.5 Å². The number of carbonyl (C=O) groups is 2. The van der Waals surface area contributed by atoms with E-state index in [2.05, 4.69) is 10.4 Å². The number of rotatable bonds is 11. The van der Waals surface area contributed by atoms with Crippen molar-refractivity contribution >= 4 is 11.8 Å². The first-order valence-electron chi connectivity index (χ1n) is 12.0. The van der Waals surface area contributed by atoms with Crippen molar-refractivity contribution in [1.29, 1.82) is 0 Å². The highest BCUT2D eigenvalue weighted by atomic mass is 19.1. The normalized spacial score (nSPS) is 17.6. The van der Waals surface area contributed by atoms with Gasteiger partial charge in [0.2, 0.25) is 11.8 Å². The van der Waals surface area contributed by atoms with E-state index in [0.717, 1.165) is 12.0 Å². The van der Waals surface area contributed by atoms with Crippen molar-refractivity contribution in [3.05, 3.63) is 41.8 Å². The lowest BCUT2D eigenvalue weighted by atomic mass is 10.0. The van der Waals surface area contributed by atoms with Gasteiger partial charge in [-0.15, -0.1) is 0 Å². The second kappa shape index (κ2) is 12.2. The van der Waals surface area contributed by atoms with E-state index < -0.39 is 23.9 Å². The molecule has 1 aromatic heterocycles. The number of methoxy groups -OCH3 is 1. The molecule has 2 heterocycles. The maximum Gasteiger partial charge on any atom is 0.243 e. The van der Waals surface area contributed by atoms with E-state index in [0.29, 0.717) is 37.4 Å². The first-order valence-corrected chi connectivity index (χ1v) is 12.0. The Hall–Kier alpha value is -2.82. The molecule has 192 valence electrons. The monoisotopic (exact) mass is 489 g/mol. The standard InChI is InChI=1S/C25H36FN5O4/c1-16(2)22(27)25(33)31-11-5-6-21(31)24(32)29-20(15-35-13-12-34-4)17-7-9-18(10-8-17)23-19(26)14-28-30(23)3/h7-10,14,16,20-22H,5-6,11-13,15,27H2,1-4H3,(H,29,32). The van der Waals surface area contributed by atoms with Gasteiger partial charge in [0.15, 0.2) is 5.82 Å². The number of likely N-dealkylation sites (tertiary alicyclic amines) is 1. The number of nitrogens with one attached hydrogen (secondary N) is 1. The molecule has 1 fully saturated rings. The third-order valence-corrected chi connectivity index (χ3v) is 6.36. The number of aryl methyl sites for hydroxylation is 1. The summed E-state index contributed by atoms with van der Waals surface area (Å²) >= 11 is 0. The molecule has 3 N–H and O–H groups in total. The molecule has 0 saturated carbocycles. The van der Waals surface area contributed by atoms with Gasteiger partial charge in [0.1, 0.15) is 11.7 Å². The number of amides is 2. The minimum Gasteiger partial charge on any atom is -0.382 e. The van der Waals surface area contributed by atoms with E-state index in [-0.39, 0.29) is 24.3 Å². The van der Waals surface area contributed by atoms with Crippen LogP contribution in [-0.4, -0.2) is 72.1 Å². The Morgan fingerprint density at radius 3 is 2.57 bits per heavy atom. The van der Waals surface area contributed by atoms with Crippen LogP contribution in [0.4, 0.5) is 4.39 Å². The SMILES string of the molecule is COCCOCC(NC(=O)C1CCCN1C(=O)C(N)C(C)C)c1ccc(-c2c(F)cnn2C)cc1. The number of hydrogen-bond acceptors (Lipinski definition) is 6. The Kier molecular flexibility index (Phi) is 9.36. The first-order chi connectivity index (χ1) is 16.7. The zero-order valence-electron chi connectivity index (χ0n) is 20.9. The van der Waals surface area contributed by atoms with Crippen LogP contribution in [-0.2, 0) is 26.1 Å². The summed E-state index contributed by atoms with van der Waals surface area (Å²) in [5.41, 5.74) is 7.94. The summed E-state index contributed by atoms with van der Waals surface area (Å²) in [6.45, 7) is 5.32.